The van der Waals surface area contributed by atoms with E-state index in [1.165, 1.54) is 0 Å². The molecule has 0 aromatic heterocycles. The second-order valence-corrected chi connectivity index (χ2v) is 5.64. The van der Waals surface area contributed by atoms with Crippen LogP contribution >= 0.6 is 11.6 Å². The second kappa shape index (κ2) is 5.66. The summed E-state index contributed by atoms with van der Waals surface area (Å²) >= 11 is 5.84. The number of nitro groups is 1. The van der Waals surface area contributed by atoms with E-state index >= 15 is 0 Å². The third-order valence-corrected chi connectivity index (χ3v) is 3.91. The molecule has 1 amide bonds. The number of carbonyl (C=O) groups excluding carboxylic acids is 1. The molecule has 6 nitrogen and oxygen atoms in total. The molecule has 1 aliphatic rings. The molecule has 0 radical (unpaired) electrons. The summed E-state index contributed by atoms with van der Waals surface area (Å²) in [7, 11) is 0. The lowest BCUT2D eigenvalue weighted by Crippen LogP contribution is -2.33. The molecule has 0 heterocycles. The Labute approximate surface area is 121 Å². The molecule has 0 aliphatic heterocycles. The number of carbonyl (C=O) groups is 1. The van der Waals surface area contributed by atoms with Crippen LogP contribution in [0.4, 0.5) is 11.4 Å². The Morgan fingerprint density at radius 1 is 1.50 bits per heavy atom. The molecule has 7 heteroatoms. The van der Waals surface area contributed by atoms with E-state index in [0.29, 0.717) is 5.92 Å². The number of hydrogen-bond donors (Lipinski definition) is 2. The zero-order chi connectivity index (χ0) is 14.9. The Bertz CT molecular complexity index is 562. The normalized spacial score (nSPS) is 21.7. The number of anilines is 1. The van der Waals surface area contributed by atoms with Crippen molar-refractivity contribution in [1.82, 2.24) is 5.32 Å². The van der Waals surface area contributed by atoms with Gasteiger partial charge in [-0.25, -0.2) is 0 Å². The maximum Gasteiger partial charge on any atom is 0.271 e. The quantitative estimate of drug-likeness (QED) is 0.509. The Morgan fingerprint density at radius 3 is 2.75 bits per heavy atom. The highest BCUT2D eigenvalue weighted by Crippen LogP contribution is 2.30. The molecule has 0 saturated heterocycles. The highest BCUT2D eigenvalue weighted by Gasteiger charge is 2.25. The summed E-state index contributed by atoms with van der Waals surface area (Å²) in [5.41, 5.74) is 5.63. The molecule has 1 aliphatic carbocycles. The van der Waals surface area contributed by atoms with Crippen LogP contribution < -0.4 is 11.1 Å². The van der Waals surface area contributed by atoms with Crippen LogP contribution in [0.3, 0.4) is 0 Å². The highest BCUT2D eigenvalue weighted by atomic mass is 35.5. The number of benzene rings is 1. The fourth-order valence-corrected chi connectivity index (χ4v) is 2.71. The van der Waals surface area contributed by atoms with Gasteiger partial charge >= 0.3 is 0 Å². The van der Waals surface area contributed by atoms with Gasteiger partial charge in [0.1, 0.15) is 0 Å². The van der Waals surface area contributed by atoms with Gasteiger partial charge in [0.2, 0.25) is 0 Å². The molecule has 3 N–H and O–H groups in total. The summed E-state index contributed by atoms with van der Waals surface area (Å²) in [6, 6.07) is 2.40. The molecule has 2 unspecified atom stereocenters. The average molecular weight is 298 g/mol. The van der Waals surface area contributed by atoms with Gasteiger partial charge in [0.15, 0.2) is 0 Å². The maximum absolute atomic E-state index is 12.2. The van der Waals surface area contributed by atoms with E-state index in [1.807, 2.05) is 0 Å². The van der Waals surface area contributed by atoms with Gasteiger partial charge in [0.25, 0.3) is 11.6 Å². The van der Waals surface area contributed by atoms with Crippen molar-refractivity contribution in [3.05, 3.63) is 32.8 Å². The second-order valence-electron chi connectivity index (χ2n) is 5.23. The Hall–Kier alpha value is -1.82. The van der Waals surface area contributed by atoms with E-state index in [0.717, 1.165) is 31.4 Å². The standard InChI is InChI=1S/C13H16ClN3O3/c1-7-2-3-8(4-7)16-13(18)10-5-9(17(19)20)6-11(14)12(10)15/h5-8H,2-4,15H2,1H3,(H,16,18). The van der Waals surface area contributed by atoms with Crippen molar-refractivity contribution < 1.29 is 9.72 Å². The van der Waals surface area contributed by atoms with E-state index in [1.54, 1.807) is 0 Å². The minimum absolute atomic E-state index is 0.0177. The lowest BCUT2D eigenvalue weighted by atomic mass is 10.1. The van der Waals surface area contributed by atoms with Gasteiger partial charge < -0.3 is 11.1 Å². The van der Waals surface area contributed by atoms with Gasteiger partial charge in [-0.1, -0.05) is 18.5 Å². The van der Waals surface area contributed by atoms with Crippen LogP contribution in [0, 0.1) is 16.0 Å². The maximum atomic E-state index is 12.2. The summed E-state index contributed by atoms with van der Waals surface area (Å²) < 4.78 is 0. The first-order valence-corrected chi connectivity index (χ1v) is 6.80. The molecule has 20 heavy (non-hydrogen) atoms. The molecule has 1 fully saturated rings. The summed E-state index contributed by atoms with van der Waals surface area (Å²) in [6.45, 7) is 2.13. The number of rotatable bonds is 3. The van der Waals surface area contributed by atoms with Gasteiger partial charge in [0.05, 0.1) is 21.2 Å². The van der Waals surface area contributed by atoms with Crippen molar-refractivity contribution in [1.29, 1.82) is 0 Å². The van der Waals surface area contributed by atoms with Gasteiger partial charge in [-0.3, -0.25) is 14.9 Å². The minimum atomic E-state index is -0.597. The molecular formula is C13H16ClN3O3. The average Bonchev–Trinajstić information content (AvgIpc) is 2.77. The smallest absolute Gasteiger partial charge is 0.271 e. The van der Waals surface area contributed by atoms with E-state index < -0.39 is 10.8 Å². The van der Waals surface area contributed by atoms with Gasteiger partial charge in [-0.15, -0.1) is 0 Å². The Balaban J connectivity index is 2.22. The molecule has 0 bridgehead atoms. The topological polar surface area (TPSA) is 98.3 Å². The number of amides is 1. The largest absolute Gasteiger partial charge is 0.397 e. The lowest BCUT2D eigenvalue weighted by Gasteiger charge is -2.14. The van der Waals surface area contributed by atoms with Crippen LogP contribution in [0.15, 0.2) is 12.1 Å². The van der Waals surface area contributed by atoms with Crippen molar-refractivity contribution in [2.24, 2.45) is 5.92 Å². The monoisotopic (exact) mass is 297 g/mol. The molecule has 0 spiro atoms. The molecule has 1 saturated carbocycles. The summed E-state index contributed by atoms with van der Waals surface area (Å²) in [4.78, 5) is 22.4. The van der Waals surface area contributed by atoms with Gasteiger partial charge in [-0.2, -0.15) is 0 Å². The zero-order valence-electron chi connectivity index (χ0n) is 11.1. The third kappa shape index (κ3) is 3.01. The first kappa shape index (κ1) is 14.6. The summed E-state index contributed by atoms with van der Waals surface area (Å²) in [6.07, 6.45) is 2.89. The van der Waals surface area contributed by atoms with E-state index in [-0.39, 0.29) is 28.0 Å². The highest BCUT2D eigenvalue weighted by molar-refractivity contribution is 6.34. The van der Waals surface area contributed by atoms with Gasteiger partial charge in [0, 0.05) is 18.2 Å². The predicted octanol–water partition coefficient (Wildman–Crippen LogP) is 2.75. The first-order valence-electron chi connectivity index (χ1n) is 6.42. The molecular weight excluding hydrogens is 282 g/mol. The number of halogens is 1. The van der Waals surface area contributed by atoms with Crippen molar-refractivity contribution >= 4 is 28.9 Å². The minimum Gasteiger partial charge on any atom is -0.397 e. The predicted molar refractivity (Wildman–Crippen MR) is 76.8 cm³/mol. The van der Waals surface area contributed by atoms with Crippen LogP contribution in [0.5, 0.6) is 0 Å². The van der Waals surface area contributed by atoms with Crippen LogP contribution in [0.1, 0.15) is 36.5 Å². The van der Waals surface area contributed by atoms with Crippen LogP contribution in [0.25, 0.3) is 0 Å². The van der Waals surface area contributed by atoms with E-state index in [4.69, 9.17) is 17.3 Å². The summed E-state index contributed by atoms with van der Waals surface area (Å²) in [5.74, 6) is 0.165. The Morgan fingerprint density at radius 2 is 2.20 bits per heavy atom. The number of nitro benzene ring substituents is 1. The lowest BCUT2D eigenvalue weighted by molar-refractivity contribution is -0.384. The first-order chi connectivity index (χ1) is 9.38. The van der Waals surface area contributed by atoms with Crippen LogP contribution in [-0.2, 0) is 0 Å². The number of nitrogen functional groups attached to an aromatic ring is 1. The molecule has 108 valence electrons. The number of non-ortho nitro benzene ring substituents is 1. The van der Waals surface area contributed by atoms with Crippen molar-refractivity contribution in [2.45, 2.75) is 32.2 Å². The number of nitrogens with two attached hydrogens (primary N) is 1. The Kier molecular flexibility index (Phi) is 4.13. The third-order valence-electron chi connectivity index (χ3n) is 3.60. The zero-order valence-corrected chi connectivity index (χ0v) is 11.8. The van der Waals surface area contributed by atoms with Crippen LogP contribution in [0.2, 0.25) is 5.02 Å². The van der Waals surface area contributed by atoms with Crippen molar-refractivity contribution in [3.63, 3.8) is 0 Å². The van der Waals surface area contributed by atoms with E-state index in [2.05, 4.69) is 12.2 Å². The van der Waals surface area contributed by atoms with E-state index in [9.17, 15) is 14.9 Å². The number of nitrogens with one attached hydrogen (secondary N) is 1. The molecule has 2 rings (SSSR count). The number of nitrogens with zero attached hydrogens (tertiary/aromatic N) is 1. The molecule has 2 atom stereocenters. The van der Waals surface area contributed by atoms with Gasteiger partial charge in [-0.05, 0) is 25.2 Å². The van der Waals surface area contributed by atoms with Crippen molar-refractivity contribution in [3.8, 4) is 0 Å². The number of hydrogen-bond acceptors (Lipinski definition) is 4. The fourth-order valence-electron chi connectivity index (χ4n) is 2.50. The van der Waals surface area contributed by atoms with Crippen LogP contribution in [-0.4, -0.2) is 16.9 Å². The summed E-state index contributed by atoms with van der Waals surface area (Å²) in [5, 5.41) is 13.7. The SMILES string of the molecule is CC1CCC(NC(=O)c2cc([N+](=O)[O-])cc(Cl)c2N)C1. The fraction of sp³-hybridized carbons (Fsp3) is 0.462. The molecule has 1 aromatic carbocycles. The molecule has 1 aromatic rings. The van der Waals surface area contributed by atoms with Crippen molar-refractivity contribution in [2.75, 3.05) is 5.73 Å².